The van der Waals surface area contributed by atoms with E-state index in [0.717, 1.165) is 12.8 Å². The molecule has 0 unspecified atom stereocenters. The van der Waals surface area contributed by atoms with Gasteiger partial charge in [0.1, 0.15) is 5.82 Å². The summed E-state index contributed by atoms with van der Waals surface area (Å²) in [6, 6.07) is 6.39. The second-order valence-electron chi connectivity index (χ2n) is 5.00. The zero-order chi connectivity index (χ0) is 11.8. The van der Waals surface area contributed by atoms with E-state index in [2.05, 4.69) is 6.92 Å². The molecule has 3 heteroatoms. The molecule has 1 aliphatic rings. The summed E-state index contributed by atoms with van der Waals surface area (Å²) in [4.78, 5) is 0. The number of nitrogens with two attached hydrogens (primary N) is 1. The first kappa shape index (κ1) is 11.6. The molecule has 2 rings (SSSR count). The largest absolute Gasteiger partial charge is 0.388 e. The maximum atomic E-state index is 13.6. The molecule has 3 N–H and O–H groups in total. The van der Waals surface area contributed by atoms with Crippen LogP contribution in [0.4, 0.5) is 4.39 Å². The van der Waals surface area contributed by atoms with Crippen molar-refractivity contribution in [3.8, 4) is 0 Å². The number of aliphatic hydroxyl groups is 1. The summed E-state index contributed by atoms with van der Waals surface area (Å²) in [5.41, 5.74) is 5.79. The van der Waals surface area contributed by atoms with Crippen molar-refractivity contribution >= 4 is 0 Å². The highest BCUT2D eigenvalue weighted by Crippen LogP contribution is 2.52. The highest BCUT2D eigenvalue weighted by atomic mass is 19.1. The van der Waals surface area contributed by atoms with Crippen molar-refractivity contribution in [3.05, 3.63) is 35.6 Å². The first-order valence-electron chi connectivity index (χ1n) is 5.71. The SMILES string of the molecule is CC1CC(CN)([C@@H](O)c2ccccc2F)C1. The number of hydrogen-bond donors (Lipinski definition) is 2. The molecule has 0 saturated heterocycles. The maximum absolute atomic E-state index is 13.6. The molecule has 0 bridgehead atoms. The van der Waals surface area contributed by atoms with Gasteiger partial charge in [-0.3, -0.25) is 0 Å². The Morgan fingerprint density at radius 1 is 1.50 bits per heavy atom. The molecule has 0 aromatic heterocycles. The van der Waals surface area contributed by atoms with Crippen LogP contribution in [0.5, 0.6) is 0 Å². The summed E-state index contributed by atoms with van der Waals surface area (Å²) in [7, 11) is 0. The summed E-state index contributed by atoms with van der Waals surface area (Å²) in [6.07, 6.45) is 0.966. The average Bonchev–Trinajstić information content (AvgIpc) is 2.24. The van der Waals surface area contributed by atoms with E-state index < -0.39 is 6.10 Å². The van der Waals surface area contributed by atoms with Crippen molar-refractivity contribution in [1.29, 1.82) is 0 Å². The van der Waals surface area contributed by atoms with Crippen LogP contribution >= 0.6 is 0 Å². The van der Waals surface area contributed by atoms with Crippen LogP contribution in [0.3, 0.4) is 0 Å². The van der Waals surface area contributed by atoms with Crippen LogP contribution in [-0.4, -0.2) is 11.7 Å². The first-order valence-corrected chi connectivity index (χ1v) is 5.71. The molecular weight excluding hydrogens is 205 g/mol. The van der Waals surface area contributed by atoms with Crippen LogP contribution in [-0.2, 0) is 0 Å². The highest BCUT2D eigenvalue weighted by molar-refractivity contribution is 5.23. The predicted octanol–water partition coefficient (Wildman–Crippen LogP) is 2.23. The van der Waals surface area contributed by atoms with Gasteiger partial charge >= 0.3 is 0 Å². The molecule has 1 aliphatic carbocycles. The molecule has 2 nitrogen and oxygen atoms in total. The molecule has 0 spiro atoms. The molecule has 1 aromatic carbocycles. The van der Waals surface area contributed by atoms with E-state index in [1.165, 1.54) is 6.07 Å². The fraction of sp³-hybridized carbons (Fsp3) is 0.538. The average molecular weight is 223 g/mol. The van der Waals surface area contributed by atoms with Gasteiger partial charge in [-0.1, -0.05) is 25.1 Å². The molecule has 1 atom stereocenters. The van der Waals surface area contributed by atoms with Crippen LogP contribution in [0.25, 0.3) is 0 Å². The molecule has 16 heavy (non-hydrogen) atoms. The lowest BCUT2D eigenvalue weighted by molar-refractivity contribution is -0.0617. The van der Waals surface area contributed by atoms with Crippen LogP contribution < -0.4 is 5.73 Å². The van der Waals surface area contributed by atoms with E-state index in [9.17, 15) is 9.50 Å². The van der Waals surface area contributed by atoms with Gasteiger partial charge in [-0.15, -0.1) is 0 Å². The van der Waals surface area contributed by atoms with Gasteiger partial charge in [0, 0.05) is 17.5 Å². The Morgan fingerprint density at radius 2 is 2.12 bits per heavy atom. The van der Waals surface area contributed by atoms with Gasteiger partial charge in [0.2, 0.25) is 0 Å². The van der Waals surface area contributed by atoms with Crippen LogP contribution in [0.2, 0.25) is 0 Å². The van der Waals surface area contributed by atoms with Gasteiger partial charge in [-0.05, 0) is 24.8 Å². The lowest BCUT2D eigenvalue weighted by Crippen LogP contribution is -2.47. The van der Waals surface area contributed by atoms with Crippen molar-refractivity contribution in [2.24, 2.45) is 17.1 Å². The normalized spacial score (nSPS) is 30.9. The molecule has 1 fully saturated rings. The lowest BCUT2D eigenvalue weighted by Gasteiger charge is -2.49. The third-order valence-electron chi connectivity index (χ3n) is 3.70. The third kappa shape index (κ3) is 1.74. The van der Waals surface area contributed by atoms with Crippen molar-refractivity contribution in [1.82, 2.24) is 0 Å². The molecule has 1 saturated carbocycles. The second-order valence-corrected chi connectivity index (χ2v) is 5.00. The van der Waals surface area contributed by atoms with Crippen LogP contribution in [0.15, 0.2) is 24.3 Å². The second kappa shape index (κ2) is 4.15. The molecular formula is C13H18FNO. The van der Waals surface area contributed by atoms with Gasteiger partial charge in [-0.25, -0.2) is 4.39 Å². The predicted molar refractivity (Wildman–Crippen MR) is 61.2 cm³/mol. The fourth-order valence-corrected chi connectivity index (χ4v) is 2.86. The van der Waals surface area contributed by atoms with Gasteiger partial charge < -0.3 is 10.8 Å². The monoisotopic (exact) mass is 223 g/mol. The molecule has 88 valence electrons. The molecule has 0 radical (unpaired) electrons. The standard InChI is InChI=1S/C13H18FNO/c1-9-6-13(7-9,8-15)12(16)10-4-2-3-5-11(10)14/h2-5,9,12,16H,6-8,15H2,1H3/t9?,12-,13?/m0/s1. The number of rotatable bonds is 3. The van der Waals surface area contributed by atoms with E-state index in [1.54, 1.807) is 18.2 Å². The Bertz CT molecular complexity index is 374. The quantitative estimate of drug-likeness (QED) is 0.825. The Hall–Kier alpha value is -0.930. The van der Waals surface area contributed by atoms with Crippen molar-refractivity contribution < 1.29 is 9.50 Å². The number of benzene rings is 1. The molecule has 1 aromatic rings. The van der Waals surface area contributed by atoms with Crippen molar-refractivity contribution in [2.75, 3.05) is 6.54 Å². The zero-order valence-corrected chi connectivity index (χ0v) is 9.49. The highest BCUT2D eigenvalue weighted by Gasteiger charge is 2.47. The minimum absolute atomic E-state index is 0.318. The van der Waals surface area contributed by atoms with E-state index in [1.807, 2.05) is 0 Å². The van der Waals surface area contributed by atoms with Crippen LogP contribution in [0, 0.1) is 17.2 Å². The number of hydrogen-bond acceptors (Lipinski definition) is 2. The summed E-state index contributed by atoms with van der Waals surface area (Å²) >= 11 is 0. The summed E-state index contributed by atoms with van der Waals surface area (Å²) in [5.74, 6) is 0.229. The fourth-order valence-electron chi connectivity index (χ4n) is 2.86. The molecule has 0 amide bonds. The number of halogens is 1. The zero-order valence-electron chi connectivity index (χ0n) is 9.49. The van der Waals surface area contributed by atoms with Crippen molar-refractivity contribution in [3.63, 3.8) is 0 Å². The Balaban J connectivity index is 2.25. The van der Waals surface area contributed by atoms with E-state index >= 15 is 0 Å². The lowest BCUT2D eigenvalue weighted by atomic mass is 9.58. The Labute approximate surface area is 95.3 Å². The summed E-state index contributed by atoms with van der Waals surface area (Å²) in [6.45, 7) is 2.54. The minimum atomic E-state index is -0.783. The van der Waals surface area contributed by atoms with Gasteiger partial charge in [0.25, 0.3) is 0 Å². The Kier molecular flexibility index (Phi) is 3.00. The topological polar surface area (TPSA) is 46.2 Å². The van der Waals surface area contributed by atoms with E-state index in [4.69, 9.17) is 5.73 Å². The summed E-state index contributed by atoms with van der Waals surface area (Å²) in [5, 5.41) is 10.3. The maximum Gasteiger partial charge on any atom is 0.129 e. The van der Waals surface area contributed by atoms with Gasteiger partial charge in [-0.2, -0.15) is 0 Å². The first-order chi connectivity index (χ1) is 7.59. The van der Waals surface area contributed by atoms with E-state index in [-0.39, 0.29) is 11.2 Å². The number of aliphatic hydroxyl groups excluding tert-OH is 1. The van der Waals surface area contributed by atoms with Gasteiger partial charge in [0.05, 0.1) is 6.10 Å². The molecule has 0 heterocycles. The minimum Gasteiger partial charge on any atom is -0.388 e. The molecule has 0 aliphatic heterocycles. The van der Waals surface area contributed by atoms with E-state index in [0.29, 0.717) is 18.0 Å². The van der Waals surface area contributed by atoms with Crippen LogP contribution in [0.1, 0.15) is 31.4 Å². The van der Waals surface area contributed by atoms with Crippen molar-refractivity contribution in [2.45, 2.75) is 25.9 Å². The smallest absolute Gasteiger partial charge is 0.129 e. The summed E-state index contributed by atoms with van der Waals surface area (Å²) < 4.78 is 13.6. The third-order valence-corrected chi connectivity index (χ3v) is 3.70. The Morgan fingerprint density at radius 3 is 2.62 bits per heavy atom. The van der Waals surface area contributed by atoms with Gasteiger partial charge in [0.15, 0.2) is 0 Å².